The van der Waals surface area contributed by atoms with Gasteiger partial charge in [0, 0.05) is 0 Å². The second-order valence-electron chi connectivity index (χ2n) is 14.5. The van der Waals surface area contributed by atoms with E-state index in [0.29, 0.717) is 72.7 Å². The van der Waals surface area contributed by atoms with Crippen LogP contribution in [0, 0.1) is 41.4 Å². The topological polar surface area (TPSA) is 96.2 Å². The van der Waals surface area contributed by atoms with Crippen molar-refractivity contribution >= 4 is 4.96 Å². The first-order valence-electron chi connectivity index (χ1n) is 16.9. The average Bonchev–Trinajstić information content (AvgIpc) is 3.72. The molecule has 8 N–H and O–H groups in total. The summed E-state index contributed by atoms with van der Waals surface area (Å²) in [5, 5.41) is 33.1. The van der Waals surface area contributed by atoms with Crippen LogP contribution in [0.4, 0.5) is 0 Å². The Hall–Kier alpha value is -0.204. The van der Waals surface area contributed by atoms with Crippen molar-refractivity contribution in [3.05, 3.63) is 12.2 Å². The molecule has 8 aliphatic rings. The first-order chi connectivity index (χ1) is 19.7. The van der Waals surface area contributed by atoms with Gasteiger partial charge in [0.2, 0.25) is 0 Å². The third kappa shape index (κ3) is 5.04. The van der Waals surface area contributed by atoms with Gasteiger partial charge in [0.1, 0.15) is 0 Å². The number of nitrogens with one attached hydrogen (secondary N) is 8. The third-order valence-corrected chi connectivity index (χ3v) is 12.7. The van der Waals surface area contributed by atoms with E-state index >= 15 is 0 Å². The number of fused-ring (bicyclic) bond motifs is 17. The van der Waals surface area contributed by atoms with Gasteiger partial charge in [-0.05, 0) is 18.8 Å². The molecule has 3 aliphatic carbocycles. The van der Waals surface area contributed by atoms with Crippen LogP contribution >= 0.6 is 0 Å². The summed E-state index contributed by atoms with van der Waals surface area (Å²) in [5.74, 6) is 4.69. The Balaban J connectivity index is 1.11. The Morgan fingerprint density at radius 3 is 1.12 bits per heavy atom. The van der Waals surface area contributed by atoms with E-state index in [9.17, 15) is 0 Å². The molecular formula is C31H52CoN8. The maximum absolute atomic E-state index is 4.42. The zero-order valence-corrected chi connectivity index (χ0v) is 25.0. The molecule has 3 saturated carbocycles. The van der Waals surface area contributed by atoms with Crippen LogP contribution < -0.4 is 42.5 Å². The van der Waals surface area contributed by atoms with Crippen molar-refractivity contribution in [2.24, 2.45) is 41.4 Å². The molecule has 15 unspecified atom stereocenters. The minimum absolute atomic E-state index is 0.252. The van der Waals surface area contributed by atoms with Crippen molar-refractivity contribution in [1.29, 1.82) is 0 Å². The summed E-state index contributed by atoms with van der Waals surface area (Å²) in [6, 6.07) is 0. The summed E-state index contributed by atoms with van der Waals surface area (Å²) >= 11 is 4.42. The zero-order valence-electron chi connectivity index (χ0n) is 23.9. The zero-order chi connectivity index (χ0) is 26.6. The first kappa shape index (κ1) is 27.4. The van der Waals surface area contributed by atoms with Crippen LogP contribution in [0.1, 0.15) is 83.5 Å². The molecule has 15 atom stereocenters. The Morgan fingerprint density at radius 1 is 0.425 bits per heavy atom. The molecular weight excluding hydrogens is 543 g/mol. The molecule has 9 heteroatoms. The number of allylic oxidation sites excluding steroid dienone is 1. The van der Waals surface area contributed by atoms with Crippen molar-refractivity contribution in [3.8, 4) is 0 Å². The van der Waals surface area contributed by atoms with Gasteiger partial charge in [0.15, 0.2) is 0 Å². The second kappa shape index (κ2) is 11.7. The molecule has 8 rings (SSSR count). The van der Waals surface area contributed by atoms with E-state index in [-0.39, 0.29) is 6.17 Å². The Labute approximate surface area is 248 Å². The van der Waals surface area contributed by atoms with Crippen molar-refractivity contribution in [2.45, 2.75) is 133 Å². The number of hydrogen-bond acceptors (Lipinski definition) is 8. The minimum atomic E-state index is 0.252. The van der Waals surface area contributed by atoms with Gasteiger partial charge in [-0.3, -0.25) is 0 Å². The molecule has 0 amide bonds. The van der Waals surface area contributed by atoms with Crippen molar-refractivity contribution < 1.29 is 15.3 Å². The van der Waals surface area contributed by atoms with E-state index in [2.05, 4.69) is 70.0 Å². The fourth-order valence-electron chi connectivity index (χ4n) is 10.7. The number of rotatable bonds is 2. The molecule has 0 spiro atoms. The molecule has 5 heterocycles. The predicted molar refractivity (Wildman–Crippen MR) is 155 cm³/mol. The normalized spacial score (nSPS) is 54.2. The quantitative estimate of drug-likeness (QED) is 0.245. The Kier molecular flexibility index (Phi) is 8.01. The van der Waals surface area contributed by atoms with Crippen molar-refractivity contribution in [2.75, 3.05) is 0 Å². The second-order valence-corrected chi connectivity index (χ2v) is 14.8. The average molecular weight is 596 g/mol. The molecule has 0 radical (unpaired) electrons. The standard InChI is InChI=1S/C31H52N8.Co/c1-2-9-17-16-24-32-25(17)34-27-20-12-5-6-13-21(20)29(36-27)38-31-23-15-8-7-14-22(23)30(39-31)37-28-19-11-4-3-10-18(19)26(33-24)35-28;/h1-2,9,17-39H,3-8,10-16H2;/b9-2-;. The van der Waals surface area contributed by atoms with Crippen LogP contribution in [-0.2, 0) is 15.3 Å². The van der Waals surface area contributed by atoms with Crippen LogP contribution in [0.25, 0.3) is 0 Å². The molecule has 8 fully saturated rings. The summed E-state index contributed by atoms with van der Waals surface area (Å²) in [4.78, 5) is 1.87. The molecule has 225 valence electrons. The van der Waals surface area contributed by atoms with Gasteiger partial charge in [-0.2, -0.15) is 0 Å². The molecule has 0 aromatic rings. The van der Waals surface area contributed by atoms with Crippen LogP contribution in [0.2, 0.25) is 0 Å². The van der Waals surface area contributed by atoms with Crippen LogP contribution in [-0.4, -0.2) is 54.3 Å². The van der Waals surface area contributed by atoms with E-state index in [0.717, 1.165) is 18.3 Å². The third-order valence-electron chi connectivity index (χ3n) is 12.5. The van der Waals surface area contributed by atoms with E-state index in [1.807, 2.05) is 4.96 Å². The molecule has 40 heavy (non-hydrogen) atoms. The molecule has 0 aromatic heterocycles. The Bertz CT molecular complexity index is 948. The van der Waals surface area contributed by atoms with Crippen LogP contribution in [0.15, 0.2) is 12.2 Å². The van der Waals surface area contributed by atoms with Gasteiger partial charge in [-0.25, -0.2) is 0 Å². The van der Waals surface area contributed by atoms with Gasteiger partial charge in [0.05, 0.1) is 0 Å². The fraction of sp³-hybridized carbons (Fsp3) is 0.903. The van der Waals surface area contributed by atoms with Crippen molar-refractivity contribution in [1.82, 2.24) is 42.5 Å². The molecule has 5 saturated heterocycles. The molecule has 5 aliphatic heterocycles. The summed E-state index contributed by atoms with van der Waals surface area (Å²) in [7, 11) is 0. The van der Waals surface area contributed by atoms with Crippen molar-refractivity contribution in [3.63, 3.8) is 0 Å². The summed E-state index contributed by atoms with van der Waals surface area (Å²) in [6.45, 7) is 0. The SMILES string of the molecule is [Co]=[CH]/C=C\C1CC2NC1NC1NC(NC3NC(NC4NC(N2)C2CCCCC42)C2CCCCC32)C2CCCCC12. The maximum atomic E-state index is 4.42. The van der Waals surface area contributed by atoms with E-state index in [4.69, 9.17) is 0 Å². The summed E-state index contributed by atoms with van der Waals surface area (Å²) in [6.07, 6.45) is 24.7. The van der Waals surface area contributed by atoms with E-state index in [1.54, 1.807) is 0 Å². The Morgan fingerprint density at radius 2 is 0.750 bits per heavy atom. The summed E-state index contributed by atoms with van der Waals surface area (Å²) in [5.41, 5.74) is 0. The molecule has 8 nitrogen and oxygen atoms in total. The van der Waals surface area contributed by atoms with Gasteiger partial charge >= 0.3 is 218 Å². The van der Waals surface area contributed by atoms with Crippen LogP contribution in [0.5, 0.6) is 0 Å². The van der Waals surface area contributed by atoms with Gasteiger partial charge in [-0.15, -0.1) is 0 Å². The predicted octanol–water partition coefficient (Wildman–Crippen LogP) is 1.71. The van der Waals surface area contributed by atoms with E-state index < -0.39 is 0 Å². The fourth-order valence-corrected chi connectivity index (χ4v) is 10.8. The first-order valence-corrected chi connectivity index (χ1v) is 17.5. The molecule has 8 bridgehead atoms. The van der Waals surface area contributed by atoms with Gasteiger partial charge < -0.3 is 0 Å². The summed E-state index contributed by atoms with van der Waals surface area (Å²) < 4.78 is 0. The van der Waals surface area contributed by atoms with Gasteiger partial charge in [-0.1, -0.05) is 12.8 Å². The van der Waals surface area contributed by atoms with E-state index in [1.165, 1.54) is 77.0 Å². The van der Waals surface area contributed by atoms with Gasteiger partial charge in [0.25, 0.3) is 0 Å². The molecule has 0 aromatic carbocycles. The number of hydrogen-bond donors (Lipinski definition) is 8. The monoisotopic (exact) mass is 595 g/mol. The van der Waals surface area contributed by atoms with Crippen LogP contribution in [0.3, 0.4) is 0 Å².